The molecule has 0 aromatic rings. The Morgan fingerprint density at radius 3 is 1.06 bits per heavy atom. The molecule has 3 aliphatic heterocycles. The molecule has 51 heavy (non-hydrogen) atoms. The van der Waals surface area contributed by atoms with Crippen molar-refractivity contribution < 1.29 is 28.8 Å². The monoisotopic (exact) mass is 723 g/mol. The van der Waals surface area contributed by atoms with Gasteiger partial charge in [0.1, 0.15) is 45.8 Å². The summed E-state index contributed by atoms with van der Waals surface area (Å²) >= 11 is 0. The van der Waals surface area contributed by atoms with Gasteiger partial charge in [0.05, 0.1) is 33.2 Å². The maximum atomic E-state index is 9.49. The quantitative estimate of drug-likeness (QED) is 0.0410. The highest BCUT2D eigenvalue weighted by Crippen LogP contribution is 2.24. The van der Waals surface area contributed by atoms with Gasteiger partial charge >= 0.3 is 0 Å². The number of unbranched alkanes of at least 4 members (excludes halogenated alkanes) is 20. The van der Waals surface area contributed by atoms with Crippen molar-refractivity contribution in [3.8, 4) is 12.3 Å². The summed E-state index contributed by atoms with van der Waals surface area (Å²) in [5.74, 6) is 2.76. The van der Waals surface area contributed by atoms with Gasteiger partial charge in [-0.05, 0) is 50.9 Å². The molecular weight excluding hydrogens is 631 g/mol. The number of aliphatic hydroxyl groups excluding tert-OH is 3. The van der Waals surface area contributed by atoms with Gasteiger partial charge in [0, 0.05) is 0 Å². The molecule has 6 heteroatoms. The molecule has 0 amide bonds. The fourth-order valence-electron chi connectivity index (χ4n) is 8.98. The van der Waals surface area contributed by atoms with Crippen LogP contribution >= 0.6 is 0 Å². The summed E-state index contributed by atoms with van der Waals surface area (Å²) in [6.45, 7) is 20.6. The first-order valence-electron chi connectivity index (χ1n) is 22.6. The van der Waals surface area contributed by atoms with Crippen LogP contribution in [-0.4, -0.2) is 126 Å². The predicted molar refractivity (Wildman–Crippen MR) is 221 cm³/mol. The molecule has 0 atom stereocenters. The highest BCUT2D eigenvalue weighted by atomic mass is 16.3. The van der Waals surface area contributed by atoms with Gasteiger partial charge in [-0.1, -0.05) is 137 Å². The molecule has 3 heterocycles. The average Bonchev–Trinajstić information content (AvgIpc) is 3.05. The molecule has 3 fully saturated rings. The van der Waals surface area contributed by atoms with Crippen LogP contribution in [-0.2, 0) is 0 Å². The summed E-state index contributed by atoms with van der Waals surface area (Å²) in [7, 11) is 2.28. The van der Waals surface area contributed by atoms with Crippen molar-refractivity contribution in [3.05, 3.63) is 0 Å². The minimum absolute atomic E-state index is 0.00824. The van der Waals surface area contributed by atoms with Crippen LogP contribution in [0, 0.1) is 12.3 Å². The molecule has 0 aromatic carbocycles. The van der Waals surface area contributed by atoms with Crippen LogP contribution in [0.4, 0.5) is 0 Å². The summed E-state index contributed by atoms with van der Waals surface area (Å²) in [5.41, 5.74) is 0. The van der Waals surface area contributed by atoms with Crippen molar-refractivity contribution in [2.24, 2.45) is 0 Å². The fourth-order valence-corrected chi connectivity index (χ4v) is 8.98. The number of likely N-dealkylation sites (N-methyl/N-ethyl adjacent to an activating group) is 1. The SMILES string of the molecule is C#CC[N+]1(CCCCCCCCC)CC(O)C1.CCCCCCCCCCC[N+]1(C)CC(O)C1.CCCCCCCCC[N+]1(CCC)CC(O)C1. The van der Waals surface area contributed by atoms with Crippen molar-refractivity contribution in [3.63, 3.8) is 0 Å². The minimum Gasteiger partial charge on any atom is -0.382 e. The van der Waals surface area contributed by atoms with Crippen LogP contribution in [0.25, 0.3) is 0 Å². The number of likely N-dealkylation sites (tertiary alicyclic amines) is 3. The first kappa shape index (κ1) is 48.3. The lowest BCUT2D eigenvalue weighted by Crippen LogP contribution is -2.66. The zero-order valence-corrected chi connectivity index (χ0v) is 35.2. The van der Waals surface area contributed by atoms with E-state index >= 15 is 0 Å². The van der Waals surface area contributed by atoms with Crippen molar-refractivity contribution in [1.29, 1.82) is 0 Å². The van der Waals surface area contributed by atoms with Gasteiger partial charge in [0.2, 0.25) is 0 Å². The van der Waals surface area contributed by atoms with Crippen molar-refractivity contribution >= 4 is 0 Å². The van der Waals surface area contributed by atoms with Crippen LogP contribution in [0.2, 0.25) is 0 Å². The predicted octanol–water partition coefficient (Wildman–Crippen LogP) is 9.24. The maximum absolute atomic E-state index is 9.49. The summed E-state index contributed by atoms with van der Waals surface area (Å²) in [6, 6.07) is 0. The second kappa shape index (κ2) is 29.6. The maximum Gasteiger partial charge on any atom is 0.152 e. The Balaban J connectivity index is 0.000000382. The van der Waals surface area contributed by atoms with E-state index in [4.69, 9.17) is 6.42 Å². The number of hydrogen-bond acceptors (Lipinski definition) is 3. The second-order valence-electron chi connectivity index (χ2n) is 17.7. The third kappa shape index (κ3) is 23.0. The zero-order valence-electron chi connectivity index (χ0n) is 35.2. The Labute approximate surface area is 319 Å². The molecule has 3 N–H and O–H groups in total. The van der Waals surface area contributed by atoms with E-state index in [1.807, 2.05) is 0 Å². The number of hydrogen-bond donors (Lipinski definition) is 3. The number of nitrogens with zero attached hydrogens (tertiary/aromatic N) is 3. The Morgan fingerprint density at radius 2 is 0.725 bits per heavy atom. The molecule has 6 nitrogen and oxygen atoms in total. The molecule has 0 unspecified atom stereocenters. The summed E-state index contributed by atoms with van der Waals surface area (Å²) < 4.78 is 3.27. The second-order valence-corrected chi connectivity index (χ2v) is 17.7. The van der Waals surface area contributed by atoms with Gasteiger partial charge in [-0.25, -0.2) is 0 Å². The highest BCUT2D eigenvalue weighted by molar-refractivity contribution is 4.86. The molecule has 0 aromatic heterocycles. The van der Waals surface area contributed by atoms with Crippen molar-refractivity contribution in [1.82, 2.24) is 0 Å². The Hall–Kier alpha value is -0.680. The summed E-state index contributed by atoms with van der Waals surface area (Å²) in [5, 5.41) is 28.2. The number of aliphatic hydroxyl groups is 3. The molecule has 0 radical (unpaired) electrons. The number of terminal acetylenes is 1. The van der Waals surface area contributed by atoms with Crippen LogP contribution in [0.1, 0.15) is 182 Å². The van der Waals surface area contributed by atoms with E-state index in [-0.39, 0.29) is 18.3 Å². The van der Waals surface area contributed by atoms with E-state index < -0.39 is 0 Å². The first-order chi connectivity index (χ1) is 24.6. The lowest BCUT2D eigenvalue weighted by Gasteiger charge is -2.48. The molecule has 0 saturated carbocycles. The van der Waals surface area contributed by atoms with Gasteiger partial charge in [0.25, 0.3) is 0 Å². The Morgan fingerprint density at radius 1 is 0.412 bits per heavy atom. The lowest BCUT2D eigenvalue weighted by molar-refractivity contribution is -0.972. The molecule has 0 aliphatic carbocycles. The van der Waals surface area contributed by atoms with E-state index in [0.29, 0.717) is 0 Å². The molecule has 3 saturated heterocycles. The normalized spacial score (nSPS) is 27.9. The Bertz CT molecular complexity index is 822. The largest absolute Gasteiger partial charge is 0.382 e. The van der Waals surface area contributed by atoms with E-state index in [1.165, 1.54) is 178 Å². The third-order valence-corrected chi connectivity index (χ3v) is 12.1. The molecular formula is C45H92N3O3+3. The van der Waals surface area contributed by atoms with E-state index in [0.717, 1.165) is 61.3 Å². The van der Waals surface area contributed by atoms with Crippen LogP contribution < -0.4 is 0 Å². The molecule has 3 aliphatic rings. The highest BCUT2D eigenvalue weighted by Gasteiger charge is 2.42. The van der Waals surface area contributed by atoms with Crippen LogP contribution in [0.15, 0.2) is 0 Å². The van der Waals surface area contributed by atoms with Gasteiger partial charge in [-0.2, -0.15) is 0 Å². The third-order valence-electron chi connectivity index (χ3n) is 12.1. The van der Waals surface area contributed by atoms with E-state index in [2.05, 4.69) is 40.7 Å². The van der Waals surface area contributed by atoms with Crippen molar-refractivity contribution in [2.45, 2.75) is 200 Å². The standard InChI is InChI=1S/2C15H32NO.C15H28NO/c1-3-4-5-6-7-8-9-10-11-12-16(2)13-15(17)14-16;2*1-3-5-6-7-8-9-10-12-16(11-4-2)13-15(17)14-16/h2*15,17H,3-14H2,1-2H3;2,15,17H,3,5-14H2,1H3/q3*+1. The van der Waals surface area contributed by atoms with E-state index in [9.17, 15) is 15.3 Å². The average molecular weight is 723 g/mol. The first-order valence-corrected chi connectivity index (χ1v) is 22.6. The smallest absolute Gasteiger partial charge is 0.152 e. The van der Waals surface area contributed by atoms with Gasteiger partial charge < -0.3 is 28.8 Å². The van der Waals surface area contributed by atoms with Gasteiger partial charge in [0.15, 0.2) is 18.3 Å². The Kier molecular flexibility index (Phi) is 28.1. The molecule has 302 valence electrons. The topological polar surface area (TPSA) is 60.7 Å². The fraction of sp³-hybridized carbons (Fsp3) is 0.956. The van der Waals surface area contributed by atoms with Crippen molar-refractivity contribution in [2.75, 3.05) is 79.0 Å². The number of rotatable bonds is 29. The molecule has 0 spiro atoms. The summed E-state index contributed by atoms with van der Waals surface area (Å²) in [6.07, 6.45) is 38.3. The zero-order chi connectivity index (χ0) is 37.7. The van der Waals surface area contributed by atoms with Crippen LogP contribution in [0.5, 0.6) is 0 Å². The molecule has 3 rings (SSSR count). The van der Waals surface area contributed by atoms with Gasteiger partial charge in [-0.3, -0.25) is 0 Å². The number of quaternary nitrogens is 3. The van der Waals surface area contributed by atoms with Crippen LogP contribution in [0.3, 0.4) is 0 Å². The summed E-state index contributed by atoms with van der Waals surface area (Å²) in [4.78, 5) is 0. The van der Waals surface area contributed by atoms with Gasteiger partial charge in [-0.15, -0.1) is 6.42 Å². The lowest BCUT2D eigenvalue weighted by atomic mass is 10.0. The minimum atomic E-state index is -0.104. The van der Waals surface area contributed by atoms with E-state index in [1.54, 1.807) is 0 Å². The molecule has 0 bridgehead atoms.